The summed E-state index contributed by atoms with van der Waals surface area (Å²) in [7, 11) is 0. The molecule has 0 amide bonds. The van der Waals surface area contributed by atoms with E-state index in [4.69, 9.17) is 0 Å². The number of benzene rings is 1. The Bertz CT molecular complexity index is 823. The molecule has 126 valence electrons. The van der Waals surface area contributed by atoms with E-state index in [2.05, 4.69) is 15.4 Å². The summed E-state index contributed by atoms with van der Waals surface area (Å²) in [6, 6.07) is 7.90. The molecule has 2 heterocycles. The molecule has 0 radical (unpaired) electrons. The molecule has 3 aromatic rings. The first kappa shape index (κ1) is 16.7. The average Bonchev–Trinajstić information content (AvgIpc) is 3.17. The van der Waals surface area contributed by atoms with Crippen molar-refractivity contribution in [2.24, 2.45) is 0 Å². The number of rotatable bonds is 5. The van der Waals surface area contributed by atoms with Crippen molar-refractivity contribution in [1.82, 2.24) is 20.1 Å². The summed E-state index contributed by atoms with van der Waals surface area (Å²) in [4.78, 5) is 3.59. The van der Waals surface area contributed by atoms with E-state index in [1.54, 1.807) is 10.9 Å². The molecule has 24 heavy (non-hydrogen) atoms. The average molecular weight is 352 g/mol. The summed E-state index contributed by atoms with van der Waals surface area (Å²) >= 11 is 0.613. The molecular formula is C16H15F3N4S. The summed E-state index contributed by atoms with van der Waals surface area (Å²) in [5.41, 5.74) is 3.45. The minimum atomic E-state index is -4.38. The van der Waals surface area contributed by atoms with Gasteiger partial charge in [-0.2, -0.15) is 18.3 Å². The van der Waals surface area contributed by atoms with Crippen molar-refractivity contribution in [3.05, 3.63) is 63.9 Å². The molecule has 0 spiro atoms. The maximum Gasteiger partial charge on any atom is 0.443 e. The number of halogens is 3. The van der Waals surface area contributed by atoms with Crippen LogP contribution in [0.4, 0.5) is 13.2 Å². The van der Waals surface area contributed by atoms with Gasteiger partial charge in [0.25, 0.3) is 0 Å². The van der Waals surface area contributed by atoms with E-state index in [1.807, 2.05) is 37.4 Å². The Labute approximate surface area is 141 Å². The third-order valence-electron chi connectivity index (χ3n) is 3.43. The Kier molecular flexibility index (Phi) is 4.68. The van der Waals surface area contributed by atoms with Gasteiger partial charge in [0, 0.05) is 30.2 Å². The monoisotopic (exact) mass is 352 g/mol. The topological polar surface area (TPSA) is 42.7 Å². The number of aryl methyl sites for hydroxylation is 1. The van der Waals surface area contributed by atoms with Crippen LogP contribution in [0.2, 0.25) is 0 Å². The molecule has 0 unspecified atom stereocenters. The van der Waals surface area contributed by atoms with Gasteiger partial charge in [-0.3, -0.25) is 0 Å². The van der Waals surface area contributed by atoms with Gasteiger partial charge in [0.2, 0.25) is 0 Å². The second-order valence-electron chi connectivity index (χ2n) is 5.32. The number of para-hydroxylation sites is 1. The molecular weight excluding hydrogens is 337 g/mol. The van der Waals surface area contributed by atoms with Crippen molar-refractivity contribution in [1.29, 1.82) is 0 Å². The van der Waals surface area contributed by atoms with Crippen LogP contribution in [-0.4, -0.2) is 14.8 Å². The van der Waals surface area contributed by atoms with E-state index >= 15 is 0 Å². The highest BCUT2D eigenvalue weighted by Gasteiger charge is 2.34. The molecule has 1 aromatic carbocycles. The standard InChI is InChI=1S/C16H15F3N4S/c1-11-4-2-3-5-14(11)23-9-12(7-21-23)6-20-8-13-10-24-15(22-13)16(17,18)19/h2-5,7,9-10,20H,6,8H2,1H3. The number of thiazole rings is 1. The lowest BCUT2D eigenvalue weighted by Crippen LogP contribution is -2.13. The van der Waals surface area contributed by atoms with Crippen molar-refractivity contribution in [3.8, 4) is 5.69 Å². The van der Waals surface area contributed by atoms with Gasteiger partial charge < -0.3 is 5.32 Å². The molecule has 0 aliphatic carbocycles. The summed E-state index contributed by atoms with van der Waals surface area (Å²) in [5.74, 6) is 0. The van der Waals surface area contributed by atoms with Crippen LogP contribution < -0.4 is 5.32 Å². The molecule has 0 fully saturated rings. The van der Waals surface area contributed by atoms with E-state index in [-0.39, 0.29) is 6.54 Å². The summed E-state index contributed by atoms with van der Waals surface area (Å²) in [5, 5.41) is 8.02. The van der Waals surface area contributed by atoms with E-state index in [0.717, 1.165) is 16.8 Å². The predicted molar refractivity (Wildman–Crippen MR) is 86.0 cm³/mol. The van der Waals surface area contributed by atoms with Gasteiger partial charge in [-0.05, 0) is 18.6 Å². The third-order valence-corrected chi connectivity index (χ3v) is 4.36. The molecule has 0 atom stereocenters. The van der Waals surface area contributed by atoms with Crippen molar-refractivity contribution in [3.63, 3.8) is 0 Å². The second-order valence-corrected chi connectivity index (χ2v) is 6.18. The highest BCUT2D eigenvalue weighted by Crippen LogP contribution is 2.31. The first-order valence-corrected chi connectivity index (χ1v) is 8.13. The van der Waals surface area contributed by atoms with Gasteiger partial charge in [0.05, 0.1) is 17.6 Å². The molecule has 0 aliphatic rings. The van der Waals surface area contributed by atoms with Crippen LogP contribution >= 0.6 is 11.3 Å². The van der Waals surface area contributed by atoms with E-state index < -0.39 is 11.2 Å². The number of nitrogens with one attached hydrogen (secondary N) is 1. The fourth-order valence-corrected chi connectivity index (χ4v) is 2.94. The maximum atomic E-state index is 12.5. The van der Waals surface area contributed by atoms with Gasteiger partial charge in [0.15, 0.2) is 5.01 Å². The lowest BCUT2D eigenvalue weighted by molar-refractivity contribution is -0.137. The van der Waals surface area contributed by atoms with Crippen LogP contribution in [-0.2, 0) is 19.3 Å². The van der Waals surface area contributed by atoms with Crippen LogP contribution in [0.5, 0.6) is 0 Å². The van der Waals surface area contributed by atoms with Gasteiger partial charge in [0.1, 0.15) is 0 Å². The third kappa shape index (κ3) is 3.82. The molecule has 4 nitrogen and oxygen atoms in total. The lowest BCUT2D eigenvalue weighted by Gasteiger charge is -2.04. The number of hydrogen-bond acceptors (Lipinski definition) is 4. The van der Waals surface area contributed by atoms with Gasteiger partial charge in [-0.25, -0.2) is 9.67 Å². The smallest absolute Gasteiger partial charge is 0.307 e. The highest BCUT2D eigenvalue weighted by atomic mass is 32.1. The predicted octanol–water partition coefficient (Wildman–Crippen LogP) is 3.95. The van der Waals surface area contributed by atoms with Gasteiger partial charge >= 0.3 is 6.18 Å². The Morgan fingerprint density at radius 1 is 1.21 bits per heavy atom. The first-order chi connectivity index (χ1) is 11.4. The molecule has 3 rings (SSSR count). The summed E-state index contributed by atoms with van der Waals surface area (Å²) < 4.78 is 39.3. The second kappa shape index (κ2) is 6.74. The zero-order chi connectivity index (χ0) is 17.2. The molecule has 0 bridgehead atoms. The quantitative estimate of drug-likeness (QED) is 0.756. The van der Waals surface area contributed by atoms with E-state index in [0.29, 0.717) is 23.6 Å². The minimum Gasteiger partial charge on any atom is -0.307 e. The normalized spacial score (nSPS) is 11.8. The van der Waals surface area contributed by atoms with Crippen LogP contribution in [0.1, 0.15) is 21.8 Å². The highest BCUT2D eigenvalue weighted by molar-refractivity contribution is 7.09. The zero-order valence-electron chi connectivity index (χ0n) is 12.8. The molecule has 0 saturated heterocycles. The van der Waals surface area contributed by atoms with E-state index in [1.165, 1.54) is 5.38 Å². The number of hydrogen-bond donors (Lipinski definition) is 1. The van der Waals surface area contributed by atoms with Crippen molar-refractivity contribution in [2.75, 3.05) is 0 Å². The van der Waals surface area contributed by atoms with Crippen LogP contribution in [0.15, 0.2) is 42.0 Å². The van der Waals surface area contributed by atoms with Crippen LogP contribution in [0.25, 0.3) is 5.69 Å². The minimum absolute atomic E-state index is 0.280. The first-order valence-electron chi connectivity index (χ1n) is 7.25. The summed E-state index contributed by atoms with van der Waals surface area (Å²) in [6.07, 6.45) is -0.739. The van der Waals surface area contributed by atoms with Gasteiger partial charge in [-0.1, -0.05) is 18.2 Å². The molecule has 1 N–H and O–H groups in total. The Morgan fingerprint density at radius 2 is 2.00 bits per heavy atom. The molecule has 0 aliphatic heterocycles. The Balaban J connectivity index is 1.58. The van der Waals surface area contributed by atoms with Crippen molar-refractivity contribution in [2.45, 2.75) is 26.2 Å². The van der Waals surface area contributed by atoms with E-state index in [9.17, 15) is 13.2 Å². The Hall–Kier alpha value is -2.19. The maximum absolute atomic E-state index is 12.5. The fourth-order valence-electron chi connectivity index (χ4n) is 2.26. The van der Waals surface area contributed by atoms with Crippen molar-refractivity contribution >= 4 is 11.3 Å². The van der Waals surface area contributed by atoms with Crippen molar-refractivity contribution < 1.29 is 13.2 Å². The van der Waals surface area contributed by atoms with Crippen LogP contribution in [0.3, 0.4) is 0 Å². The Morgan fingerprint density at radius 3 is 2.71 bits per heavy atom. The summed E-state index contributed by atoms with van der Waals surface area (Å²) in [6.45, 7) is 2.79. The molecule has 2 aromatic heterocycles. The molecule has 0 saturated carbocycles. The number of alkyl halides is 3. The number of nitrogens with zero attached hydrogens (tertiary/aromatic N) is 3. The zero-order valence-corrected chi connectivity index (χ0v) is 13.7. The molecule has 8 heteroatoms. The fraction of sp³-hybridized carbons (Fsp3) is 0.250. The largest absolute Gasteiger partial charge is 0.443 e. The van der Waals surface area contributed by atoms with Crippen LogP contribution in [0, 0.1) is 6.92 Å². The lowest BCUT2D eigenvalue weighted by atomic mass is 10.2. The SMILES string of the molecule is Cc1ccccc1-n1cc(CNCc2csc(C(F)(F)F)n2)cn1. The van der Waals surface area contributed by atoms with Gasteiger partial charge in [-0.15, -0.1) is 11.3 Å². The number of aromatic nitrogens is 3.